The zero-order valence-corrected chi connectivity index (χ0v) is 15.9. The van der Waals surface area contributed by atoms with Crippen LogP contribution in [0.5, 0.6) is 0 Å². The van der Waals surface area contributed by atoms with Crippen molar-refractivity contribution in [3.8, 4) is 22.3 Å². The van der Waals surface area contributed by atoms with E-state index in [1.54, 1.807) is 48.5 Å². The van der Waals surface area contributed by atoms with E-state index in [9.17, 15) is 17.6 Å². The monoisotopic (exact) mass is 410 g/mol. The van der Waals surface area contributed by atoms with Gasteiger partial charge in [-0.1, -0.05) is 48.5 Å². The number of rotatable bonds is 2. The number of carbonyl (C=O) groups is 1. The van der Waals surface area contributed by atoms with Crippen LogP contribution in [-0.4, -0.2) is 6.79 Å². The lowest BCUT2D eigenvalue weighted by molar-refractivity contribution is -0.0979. The summed E-state index contributed by atoms with van der Waals surface area (Å²) in [5, 5.41) is 0. The van der Waals surface area contributed by atoms with Crippen molar-refractivity contribution in [3.63, 3.8) is 0 Å². The third-order valence-electron chi connectivity index (χ3n) is 4.04. The normalized spacial score (nSPS) is 9.60. The van der Waals surface area contributed by atoms with Crippen LogP contribution >= 0.6 is 0 Å². The van der Waals surface area contributed by atoms with Gasteiger partial charge in [0, 0.05) is 0 Å². The van der Waals surface area contributed by atoms with Gasteiger partial charge in [-0.05, 0) is 70.8 Å². The van der Waals surface area contributed by atoms with Crippen molar-refractivity contribution in [2.75, 3.05) is 0 Å². The third-order valence-corrected chi connectivity index (χ3v) is 4.04. The molecule has 0 N–H and O–H groups in total. The molecule has 0 bridgehead atoms. The number of hydrogen-bond acceptors (Lipinski definition) is 1. The van der Waals surface area contributed by atoms with E-state index < -0.39 is 0 Å². The van der Waals surface area contributed by atoms with Crippen molar-refractivity contribution in [1.82, 2.24) is 0 Å². The van der Waals surface area contributed by atoms with Crippen LogP contribution in [0.2, 0.25) is 0 Å². The van der Waals surface area contributed by atoms with Crippen LogP contribution in [0.25, 0.3) is 22.3 Å². The highest BCUT2D eigenvalue weighted by Crippen LogP contribution is 2.20. The molecule has 152 valence electrons. The molecule has 4 aromatic carbocycles. The van der Waals surface area contributed by atoms with Gasteiger partial charge in [-0.25, -0.2) is 17.6 Å². The van der Waals surface area contributed by atoms with Crippen molar-refractivity contribution < 1.29 is 22.4 Å². The molecule has 0 aromatic heterocycles. The van der Waals surface area contributed by atoms with Crippen LogP contribution in [0.15, 0.2) is 97.1 Å². The first-order valence-electron chi connectivity index (χ1n) is 8.83. The summed E-state index contributed by atoms with van der Waals surface area (Å²) in [5.74, 6) is -1.07. The Morgan fingerprint density at radius 2 is 0.467 bits per heavy atom. The summed E-state index contributed by atoms with van der Waals surface area (Å²) in [6.07, 6.45) is 0. The summed E-state index contributed by atoms with van der Waals surface area (Å²) in [7, 11) is 0. The van der Waals surface area contributed by atoms with E-state index in [-0.39, 0.29) is 23.3 Å². The SMILES string of the molecule is C=O.Fc1ccc(-c2ccc(F)cc2)cc1.Fc1ccc(-c2ccc(F)cc2)cc1. The molecule has 5 heteroatoms. The summed E-state index contributed by atoms with van der Waals surface area (Å²) in [4.78, 5) is 8.00. The van der Waals surface area contributed by atoms with Gasteiger partial charge < -0.3 is 4.79 Å². The fourth-order valence-electron chi connectivity index (χ4n) is 2.57. The van der Waals surface area contributed by atoms with E-state index in [2.05, 4.69) is 0 Å². The van der Waals surface area contributed by atoms with Gasteiger partial charge in [-0.3, -0.25) is 0 Å². The Kier molecular flexibility index (Phi) is 8.51. The molecule has 0 amide bonds. The lowest BCUT2D eigenvalue weighted by Gasteiger charge is -2.00. The first-order valence-corrected chi connectivity index (χ1v) is 8.83. The van der Waals surface area contributed by atoms with Gasteiger partial charge in [0.05, 0.1) is 0 Å². The minimum absolute atomic E-state index is 0.268. The molecule has 0 saturated carbocycles. The van der Waals surface area contributed by atoms with Crippen LogP contribution in [0.3, 0.4) is 0 Å². The molecule has 4 rings (SSSR count). The average Bonchev–Trinajstić information content (AvgIpc) is 2.78. The maximum absolute atomic E-state index is 12.6. The molecule has 30 heavy (non-hydrogen) atoms. The minimum Gasteiger partial charge on any atom is -0.307 e. The van der Waals surface area contributed by atoms with Crippen LogP contribution in [0.1, 0.15) is 0 Å². The molecule has 0 fully saturated rings. The van der Waals surface area contributed by atoms with Crippen LogP contribution in [0, 0.1) is 23.3 Å². The molecule has 0 heterocycles. The Hall–Kier alpha value is -3.73. The first-order chi connectivity index (χ1) is 14.5. The van der Waals surface area contributed by atoms with E-state index in [4.69, 9.17) is 4.79 Å². The zero-order chi connectivity index (χ0) is 21.9. The van der Waals surface area contributed by atoms with Gasteiger partial charge in [-0.15, -0.1) is 0 Å². The predicted molar refractivity (Wildman–Crippen MR) is 111 cm³/mol. The number of halogens is 4. The largest absolute Gasteiger partial charge is 0.307 e. The maximum Gasteiger partial charge on any atom is 0.123 e. The Labute approximate surface area is 172 Å². The van der Waals surface area contributed by atoms with Gasteiger partial charge in [0.25, 0.3) is 0 Å². The molecule has 0 radical (unpaired) electrons. The van der Waals surface area contributed by atoms with Gasteiger partial charge >= 0.3 is 0 Å². The second-order valence-corrected chi connectivity index (χ2v) is 6.03. The number of benzene rings is 4. The fraction of sp³-hybridized carbons (Fsp3) is 0. The average molecular weight is 410 g/mol. The second kappa shape index (κ2) is 11.3. The third kappa shape index (κ3) is 6.71. The molecule has 0 aliphatic heterocycles. The van der Waals surface area contributed by atoms with Gasteiger partial charge in [0.1, 0.15) is 30.1 Å². The first kappa shape index (κ1) is 22.6. The molecule has 0 aliphatic rings. The van der Waals surface area contributed by atoms with Crippen molar-refractivity contribution in [2.24, 2.45) is 0 Å². The van der Waals surface area contributed by atoms with Crippen LogP contribution in [-0.2, 0) is 4.79 Å². The molecule has 4 aromatic rings. The minimum atomic E-state index is -0.268. The predicted octanol–water partition coefficient (Wildman–Crippen LogP) is 7.08. The lowest BCUT2D eigenvalue weighted by atomic mass is 10.1. The smallest absolute Gasteiger partial charge is 0.123 e. The number of carbonyl (C=O) groups excluding carboxylic acids is 1. The highest BCUT2D eigenvalue weighted by atomic mass is 19.1. The topological polar surface area (TPSA) is 17.1 Å². The summed E-state index contributed by atoms with van der Waals surface area (Å²) in [6.45, 7) is 2.00. The summed E-state index contributed by atoms with van der Waals surface area (Å²) in [6, 6.07) is 24.5. The Balaban J connectivity index is 0.000000197. The van der Waals surface area contributed by atoms with Crippen molar-refractivity contribution >= 4 is 6.79 Å². The van der Waals surface area contributed by atoms with Crippen molar-refractivity contribution in [2.45, 2.75) is 0 Å². The van der Waals surface area contributed by atoms with E-state index in [1.165, 1.54) is 48.5 Å². The number of hydrogen-bond donors (Lipinski definition) is 0. The van der Waals surface area contributed by atoms with E-state index >= 15 is 0 Å². The van der Waals surface area contributed by atoms with Gasteiger partial charge in [0.2, 0.25) is 0 Å². The summed E-state index contributed by atoms with van der Waals surface area (Å²) < 4.78 is 50.4. The van der Waals surface area contributed by atoms with E-state index in [1.807, 2.05) is 6.79 Å². The molecular weight excluding hydrogens is 392 g/mol. The Morgan fingerprint density at radius 3 is 0.600 bits per heavy atom. The fourth-order valence-corrected chi connectivity index (χ4v) is 2.57. The molecule has 0 saturated heterocycles. The molecule has 0 unspecified atom stereocenters. The van der Waals surface area contributed by atoms with Crippen molar-refractivity contribution in [3.05, 3.63) is 120 Å². The second-order valence-electron chi connectivity index (χ2n) is 6.03. The van der Waals surface area contributed by atoms with E-state index in [0.29, 0.717) is 0 Å². The summed E-state index contributed by atoms with van der Waals surface area (Å²) in [5.41, 5.74) is 3.52. The molecular formula is C25H18F4O. The lowest BCUT2D eigenvalue weighted by Crippen LogP contribution is -1.79. The standard InChI is InChI=1S/2C12H8F2.CH2O/c2*13-11-5-1-9(2-6-11)10-3-7-12(14)8-4-10;1-2/h2*1-8H;1H2. The molecule has 0 atom stereocenters. The Morgan fingerprint density at radius 1 is 0.333 bits per heavy atom. The van der Waals surface area contributed by atoms with Crippen LogP contribution in [0.4, 0.5) is 17.6 Å². The molecule has 1 nitrogen and oxygen atoms in total. The quantitative estimate of drug-likeness (QED) is 0.323. The zero-order valence-electron chi connectivity index (χ0n) is 15.9. The van der Waals surface area contributed by atoms with Gasteiger partial charge in [-0.2, -0.15) is 0 Å². The molecule has 0 aliphatic carbocycles. The maximum atomic E-state index is 12.6. The van der Waals surface area contributed by atoms with Crippen molar-refractivity contribution in [1.29, 1.82) is 0 Å². The highest BCUT2D eigenvalue weighted by molar-refractivity contribution is 5.63. The van der Waals surface area contributed by atoms with Gasteiger partial charge in [0.15, 0.2) is 0 Å². The summed E-state index contributed by atoms with van der Waals surface area (Å²) >= 11 is 0. The molecule has 0 spiro atoms. The highest BCUT2D eigenvalue weighted by Gasteiger charge is 1.98. The van der Waals surface area contributed by atoms with E-state index in [0.717, 1.165) is 22.3 Å². The van der Waals surface area contributed by atoms with Crippen LogP contribution < -0.4 is 0 Å². The Bertz CT molecular complexity index is 852.